The molecule has 2 rings (SSSR count). The van der Waals surface area contributed by atoms with Gasteiger partial charge in [-0.1, -0.05) is 50.6 Å². The molecule has 0 aromatic heterocycles. The summed E-state index contributed by atoms with van der Waals surface area (Å²) in [5, 5.41) is 0. The summed E-state index contributed by atoms with van der Waals surface area (Å²) in [6.45, 7) is 9.06. The molecular formula is C14H18Cl2Zr. The normalized spacial score (nSPS) is 17.1. The number of fused-ring (bicyclic) bond motifs is 1. The van der Waals surface area contributed by atoms with Crippen molar-refractivity contribution in [3.63, 3.8) is 0 Å². The number of benzene rings is 1. The van der Waals surface area contributed by atoms with Gasteiger partial charge in [0.2, 0.25) is 0 Å². The fraction of sp³-hybridized carbons (Fsp3) is 0.429. The molecule has 0 aliphatic heterocycles. The van der Waals surface area contributed by atoms with Crippen LogP contribution in [0.2, 0.25) is 0 Å². The Labute approximate surface area is 123 Å². The SMILES string of the molecule is CC1=Cc2c(C(C)C)cccc2C1C.[Cl][Zr][Cl]. The molecule has 92 valence electrons. The van der Waals surface area contributed by atoms with E-state index in [1.165, 1.54) is 22.3 Å². The van der Waals surface area contributed by atoms with Crippen LogP contribution in [0.25, 0.3) is 6.08 Å². The molecule has 0 amide bonds. The predicted molar refractivity (Wildman–Crippen MR) is 74.3 cm³/mol. The van der Waals surface area contributed by atoms with E-state index in [0.717, 1.165) is 0 Å². The average molecular weight is 348 g/mol. The summed E-state index contributed by atoms with van der Waals surface area (Å²) in [6.07, 6.45) is 2.36. The molecule has 0 bridgehead atoms. The molecule has 0 radical (unpaired) electrons. The van der Waals surface area contributed by atoms with Gasteiger partial charge < -0.3 is 0 Å². The van der Waals surface area contributed by atoms with Crippen LogP contribution in [-0.2, 0) is 20.8 Å². The summed E-state index contributed by atoms with van der Waals surface area (Å²) in [7, 11) is 9.87. The zero-order chi connectivity index (χ0) is 13.0. The summed E-state index contributed by atoms with van der Waals surface area (Å²) in [5.41, 5.74) is 5.97. The van der Waals surface area contributed by atoms with Gasteiger partial charge >= 0.3 is 37.9 Å². The van der Waals surface area contributed by atoms with E-state index in [1.807, 2.05) is 0 Å². The first-order valence-corrected chi connectivity index (χ1v) is 12.1. The Kier molecular flexibility index (Phi) is 6.48. The summed E-state index contributed by atoms with van der Waals surface area (Å²) in [6, 6.07) is 6.71. The molecule has 0 heterocycles. The summed E-state index contributed by atoms with van der Waals surface area (Å²) >= 11 is -0.826. The van der Waals surface area contributed by atoms with Crippen LogP contribution in [0.4, 0.5) is 0 Å². The number of hydrogen-bond donors (Lipinski definition) is 0. The molecule has 1 aromatic carbocycles. The summed E-state index contributed by atoms with van der Waals surface area (Å²) in [4.78, 5) is 0. The fourth-order valence-corrected chi connectivity index (χ4v) is 2.25. The maximum atomic E-state index is 4.93. The Morgan fingerprint density at radius 2 is 1.82 bits per heavy atom. The molecule has 1 aliphatic carbocycles. The second kappa shape index (κ2) is 7.12. The average Bonchev–Trinajstić information content (AvgIpc) is 2.56. The van der Waals surface area contributed by atoms with E-state index in [2.05, 4.69) is 52.0 Å². The van der Waals surface area contributed by atoms with Crippen molar-refractivity contribution in [3.8, 4) is 0 Å². The van der Waals surface area contributed by atoms with Crippen molar-refractivity contribution in [3.05, 3.63) is 40.5 Å². The van der Waals surface area contributed by atoms with Crippen LogP contribution < -0.4 is 0 Å². The van der Waals surface area contributed by atoms with Crippen molar-refractivity contribution in [1.82, 2.24) is 0 Å². The fourth-order valence-electron chi connectivity index (χ4n) is 2.25. The van der Waals surface area contributed by atoms with Gasteiger partial charge in [-0.05, 0) is 29.5 Å². The molecule has 3 heteroatoms. The zero-order valence-electron chi connectivity index (χ0n) is 10.7. The van der Waals surface area contributed by atoms with Crippen molar-refractivity contribution >= 4 is 23.1 Å². The molecule has 1 aliphatic rings. The van der Waals surface area contributed by atoms with E-state index < -0.39 is 20.8 Å². The van der Waals surface area contributed by atoms with Gasteiger partial charge in [0.25, 0.3) is 0 Å². The standard InChI is InChI=1S/C14H18.2ClH.Zr/c1-9(2)12-6-5-7-13-11(4)10(3)8-14(12)13;;;/h5-9,11H,1-4H3;2*1H;/q;;;+2/p-2. The van der Waals surface area contributed by atoms with Crippen LogP contribution in [-0.4, -0.2) is 0 Å². The molecule has 0 spiro atoms. The molecule has 1 atom stereocenters. The van der Waals surface area contributed by atoms with E-state index in [4.69, 9.17) is 17.0 Å². The Morgan fingerprint density at radius 1 is 1.24 bits per heavy atom. The Morgan fingerprint density at radius 3 is 2.35 bits per heavy atom. The molecule has 0 fully saturated rings. The van der Waals surface area contributed by atoms with Gasteiger partial charge in [0.15, 0.2) is 0 Å². The van der Waals surface area contributed by atoms with E-state index in [0.29, 0.717) is 11.8 Å². The monoisotopic (exact) mass is 346 g/mol. The first-order valence-electron chi connectivity index (χ1n) is 5.80. The summed E-state index contributed by atoms with van der Waals surface area (Å²) < 4.78 is 0. The molecule has 17 heavy (non-hydrogen) atoms. The first-order chi connectivity index (χ1) is 8.02. The van der Waals surface area contributed by atoms with Crippen molar-refractivity contribution in [1.29, 1.82) is 0 Å². The second-order valence-corrected chi connectivity index (χ2v) is 8.42. The van der Waals surface area contributed by atoms with Gasteiger partial charge in [0.05, 0.1) is 0 Å². The van der Waals surface area contributed by atoms with Gasteiger partial charge in [-0.25, -0.2) is 0 Å². The third-order valence-electron chi connectivity index (χ3n) is 3.32. The van der Waals surface area contributed by atoms with E-state index >= 15 is 0 Å². The van der Waals surface area contributed by atoms with Crippen LogP contribution in [0.15, 0.2) is 23.8 Å². The van der Waals surface area contributed by atoms with Gasteiger partial charge in [-0.3, -0.25) is 0 Å². The van der Waals surface area contributed by atoms with Crippen LogP contribution >= 0.6 is 17.0 Å². The number of rotatable bonds is 1. The third-order valence-corrected chi connectivity index (χ3v) is 3.32. The third kappa shape index (κ3) is 3.69. The van der Waals surface area contributed by atoms with Gasteiger partial charge in [-0.2, -0.15) is 0 Å². The summed E-state index contributed by atoms with van der Waals surface area (Å²) in [5.74, 6) is 1.24. The number of hydrogen-bond acceptors (Lipinski definition) is 0. The predicted octanol–water partition coefficient (Wildman–Crippen LogP) is 5.71. The van der Waals surface area contributed by atoms with Crippen molar-refractivity contribution in [2.75, 3.05) is 0 Å². The molecule has 0 N–H and O–H groups in total. The van der Waals surface area contributed by atoms with E-state index in [-0.39, 0.29) is 0 Å². The molecular weight excluding hydrogens is 330 g/mol. The maximum absolute atomic E-state index is 4.93. The topological polar surface area (TPSA) is 0 Å². The molecule has 1 unspecified atom stereocenters. The second-order valence-electron chi connectivity index (χ2n) is 4.69. The van der Waals surface area contributed by atoms with Gasteiger partial charge in [-0.15, -0.1) is 0 Å². The van der Waals surface area contributed by atoms with Crippen molar-refractivity contribution < 1.29 is 20.8 Å². The van der Waals surface area contributed by atoms with Crippen LogP contribution in [0.1, 0.15) is 56.2 Å². The Bertz CT molecular complexity index is 411. The van der Waals surface area contributed by atoms with E-state index in [9.17, 15) is 0 Å². The zero-order valence-corrected chi connectivity index (χ0v) is 14.7. The van der Waals surface area contributed by atoms with Gasteiger partial charge in [0.1, 0.15) is 0 Å². The van der Waals surface area contributed by atoms with Gasteiger partial charge in [0, 0.05) is 5.92 Å². The number of halogens is 2. The minimum absolute atomic E-state index is 0.615. The quantitative estimate of drug-likeness (QED) is 0.610. The molecule has 0 saturated heterocycles. The minimum atomic E-state index is -0.826. The van der Waals surface area contributed by atoms with Crippen molar-refractivity contribution in [2.45, 2.75) is 39.5 Å². The van der Waals surface area contributed by atoms with Crippen LogP contribution in [0.3, 0.4) is 0 Å². The van der Waals surface area contributed by atoms with E-state index in [1.54, 1.807) is 0 Å². The molecule has 0 saturated carbocycles. The Balaban J connectivity index is 0.000000437. The van der Waals surface area contributed by atoms with Crippen LogP contribution in [0, 0.1) is 0 Å². The number of allylic oxidation sites excluding steroid dienone is 1. The van der Waals surface area contributed by atoms with Crippen LogP contribution in [0.5, 0.6) is 0 Å². The van der Waals surface area contributed by atoms with Crippen molar-refractivity contribution in [2.24, 2.45) is 0 Å². The molecule has 0 nitrogen and oxygen atoms in total. The molecule has 1 aromatic rings. The Hall–Kier alpha value is 0.423. The first kappa shape index (κ1) is 15.5.